The number of amides is 1. The molecule has 3 N–H and O–H groups in total. The quantitative estimate of drug-likeness (QED) is 0.735. The summed E-state index contributed by atoms with van der Waals surface area (Å²) in [7, 11) is 2.12. The summed E-state index contributed by atoms with van der Waals surface area (Å²) in [5.41, 5.74) is 6.18. The average Bonchev–Trinajstić information content (AvgIpc) is 2.68. The Hall–Kier alpha value is -1.36. The van der Waals surface area contributed by atoms with Crippen LogP contribution >= 0.6 is 0 Å². The highest BCUT2D eigenvalue weighted by atomic mass is 16.1. The molecule has 1 fully saturated rings. The molecule has 1 aromatic rings. The zero-order valence-electron chi connectivity index (χ0n) is 8.86. The van der Waals surface area contributed by atoms with Gasteiger partial charge in [-0.25, -0.2) is 4.98 Å². The molecule has 2 rings (SSSR count). The number of nitrogens with zero attached hydrogens (tertiary/aromatic N) is 2. The lowest BCUT2D eigenvalue weighted by Crippen LogP contribution is -2.29. The standard InChI is InChI=1S/C10H16N4O/c1-14-4-2-7(3-5-14)8-6-12-10(13-8)9(11)15/h6-7H,2-5H2,1H3,(H2,11,15)(H,12,13). The molecular weight excluding hydrogens is 192 g/mol. The van der Waals surface area contributed by atoms with E-state index in [1.807, 2.05) is 0 Å². The fraction of sp³-hybridized carbons (Fsp3) is 0.600. The fourth-order valence-corrected chi connectivity index (χ4v) is 1.99. The van der Waals surface area contributed by atoms with Crippen molar-refractivity contribution in [3.8, 4) is 0 Å². The van der Waals surface area contributed by atoms with Crippen LogP contribution in [0.5, 0.6) is 0 Å². The third-order valence-electron chi connectivity index (χ3n) is 2.99. The highest BCUT2D eigenvalue weighted by molar-refractivity contribution is 5.88. The normalized spacial score (nSPS) is 19.3. The monoisotopic (exact) mass is 208 g/mol. The SMILES string of the molecule is CN1CCC(c2cnc(C(N)=O)[nH]2)CC1. The minimum atomic E-state index is -0.492. The number of piperidine rings is 1. The maximum absolute atomic E-state index is 10.9. The lowest BCUT2D eigenvalue weighted by Gasteiger charge is -2.28. The van der Waals surface area contributed by atoms with Crippen LogP contribution in [-0.2, 0) is 0 Å². The molecule has 1 amide bonds. The number of nitrogens with one attached hydrogen (secondary N) is 1. The Morgan fingerprint density at radius 3 is 2.80 bits per heavy atom. The van der Waals surface area contributed by atoms with Gasteiger partial charge in [-0.3, -0.25) is 4.79 Å². The van der Waals surface area contributed by atoms with Gasteiger partial charge in [-0.05, 0) is 33.0 Å². The van der Waals surface area contributed by atoms with Crippen LogP contribution in [0.2, 0.25) is 0 Å². The molecule has 1 aliphatic heterocycles. The number of H-pyrrole nitrogens is 1. The summed E-state index contributed by atoms with van der Waals surface area (Å²) in [4.78, 5) is 20.1. The number of rotatable bonds is 2. The number of carbonyl (C=O) groups excluding carboxylic acids is 1. The minimum absolute atomic E-state index is 0.268. The molecule has 0 aromatic carbocycles. The number of aromatic amines is 1. The zero-order valence-corrected chi connectivity index (χ0v) is 8.86. The first-order chi connectivity index (χ1) is 7.16. The van der Waals surface area contributed by atoms with Crippen molar-refractivity contribution in [3.63, 3.8) is 0 Å². The molecule has 2 heterocycles. The minimum Gasteiger partial charge on any atom is -0.363 e. The molecular formula is C10H16N4O. The van der Waals surface area contributed by atoms with Gasteiger partial charge >= 0.3 is 0 Å². The van der Waals surface area contributed by atoms with E-state index in [1.165, 1.54) is 0 Å². The van der Waals surface area contributed by atoms with E-state index in [0.29, 0.717) is 5.92 Å². The highest BCUT2D eigenvalue weighted by Crippen LogP contribution is 2.25. The second-order valence-corrected chi connectivity index (χ2v) is 4.13. The van der Waals surface area contributed by atoms with Gasteiger partial charge in [0.2, 0.25) is 0 Å². The van der Waals surface area contributed by atoms with Gasteiger partial charge in [0, 0.05) is 17.8 Å². The largest absolute Gasteiger partial charge is 0.363 e. The van der Waals surface area contributed by atoms with Crippen LogP contribution in [0, 0.1) is 0 Å². The van der Waals surface area contributed by atoms with E-state index >= 15 is 0 Å². The zero-order chi connectivity index (χ0) is 10.8. The molecule has 15 heavy (non-hydrogen) atoms. The Morgan fingerprint density at radius 1 is 1.60 bits per heavy atom. The number of hydrogen-bond donors (Lipinski definition) is 2. The smallest absolute Gasteiger partial charge is 0.284 e. The van der Waals surface area contributed by atoms with Crippen molar-refractivity contribution < 1.29 is 4.79 Å². The number of likely N-dealkylation sites (tertiary alicyclic amines) is 1. The van der Waals surface area contributed by atoms with E-state index in [0.717, 1.165) is 31.6 Å². The van der Waals surface area contributed by atoms with Gasteiger partial charge in [0.1, 0.15) is 0 Å². The molecule has 82 valence electrons. The first kappa shape index (κ1) is 10.2. The van der Waals surface area contributed by atoms with Gasteiger partial charge in [-0.2, -0.15) is 0 Å². The Bertz CT molecular complexity index is 352. The van der Waals surface area contributed by atoms with E-state index in [1.54, 1.807) is 6.20 Å². The predicted molar refractivity (Wildman–Crippen MR) is 56.6 cm³/mol. The van der Waals surface area contributed by atoms with Crippen LogP contribution in [0.25, 0.3) is 0 Å². The van der Waals surface area contributed by atoms with E-state index in [4.69, 9.17) is 5.73 Å². The van der Waals surface area contributed by atoms with E-state index in [2.05, 4.69) is 21.9 Å². The molecule has 5 nitrogen and oxygen atoms in total. The average molecular weight is 208 g/mol. The summed E-state index contributed by atoms with van der Waals surface area (Å²) in [6, 6.07) is 0. The number of carbonyl (C=O) groups is 1. The molecule has 0 bridgehead atoms. The van der Waals surface area contributed by atoms with Gasteiger partial charge < -0.3 is 15.6 Å². The van der Waals surface area contributed by atoms with Crippen molar-refractivity contribution in [1.29, 1.82) is 0 Å². The molecule has 0 saturated carbocycles. The van der Waals surface area contributed by atoms with Crippen LogP contribution < -0.4 is 5.73 Å². The van der Waals surface area contributed by atoms with E-state index in [-0.39, 0.29) is 5.82 Å². The predicted octanol–water partition coefficient (Wildman–Crippen LogP) is 0.318. The molecule has 0 unspecified atom stereocenters. The Labute approximate surface area is 88.7 Å². The van der Waals surface area contributed by atoms with E-state index < -0.39 is 5.91 Å². The summed E-state index contributed by atoms with van der Waals surface area (Å²) in [6.07, 6.45) is 3.95. The maximum Gasteiger partial charge on any atom is 0.284 e. The fourth-order valence-electron chi connectivity index (χ4n) is 1.99. The number of nitrogens with two attached hydrogens (primary N) is 1. The van der Waals surface area contributed by atoms with Gasteiger partial charge in [0.25, 0.3) is 5.91 Å². The van der Waals surface area contributed by atoms with Crippen molar-refractivity contribution in [2.45, 2.75) is 18.8 Å². The molecule has 1 saturated heterocycles. The van der Waals surface area contributed by atoms with Gasteiger partial charge in [0.05, 0.1) is 0 Å². The lowest BCUT2D eigenvalue weighted by molar-refractivity contribution is 0.0991. The second kappa shape index (κ2) is 4.02. The highest BCUT2D eigenvalue weighted by Gasteiger charge is 2.20. The molecule has 0 spiro atoms. The van der Waals surface area contributed by atoms with Crippen LogP contribution in [0.15, 0.2) is 6.20 Å². The van der Waals surface area contributed by atoms with Crippen molar-refractivity contribution in [1.82, 2.24) is 14.9 Å². The number of primary amides is 1. The van der Waals surface area contributed by atoms with Crippen molar-refractivity contribution >= 4 is 5.91 Å². The number of imidazole rings is 1. The maximum atomic E-state index is 10.9. The van der Waals surface area contributed by atoms with Crippen molar-refractivity contribution in [3.05, 3.63) is 17.7 Å². The molecule has 0 atom stereocenters. The van der Waals surface area contributed by atoms with Gasteiger partial charge in [0.15, 0.2) is 5.82 Å². The summed E-state index contributed by atoms with van der Waals surface area (Å²) in [5.74, 6) is 0.264. The van der Waals surface area contributed by atoms with Crippen LogP contribution in [0.1, 0.15) is 35.1 Å². The number of aromatic nitrogens is 2. The van der Waals surface area contributed by atoms with Crippen LogP contribution in [0.4, 0.5) is 0 Å². The third-order valence-corrected chi connectivity index (χ3v) is 2.99. The second-order valence-electron chi connectivity index (χ2n) is 4.13. The summed E-state index contributed by atoms with van der Waals surface area (Å²) in [5, 5.41) is 0. The topological polar surface area (TPSA) is 75.0 Å². The first-order valence-electron chi connectivity index (χ1n) is 5.20. The number of hydrogen-bond acceptors (Lipinski definition) is 3. The molecule has 0 radical (unpaired) electrons. The van der Waals surface area contributed by atoms with E-state index in [9.17, 15) is 4.79 Å². The summed E-state index contributed by atoms with van der Waals surface area (Å²) >= 11 is 0. The Balaban J connectivity index is 2.06. The van der Waals surface area contributed by atoms with Crippen LogP contribution in [0.3, 0.4) is 0 Å². The van der Waals surface area contributed by atoms with Gasteiger partial charge in [-0.15, -0.1) is 0 Å². The Kier molecular flexibility index (Phi) is 2.73. The lowest BCUT2D eigenvalue weighted by atomic mass is 9.94. The summed E-state index contributed by atoms with van der Waals surface area (Å²) < 4.78 is 0. The van der Waals surface area contributed by atoms with Crippen molar-refractivity contribution in [2.75, 3.05) is 20.1 Å². The first-order valence-corrected chi connectivity index (χ1v) is 5.20. The molecule has 1 aromatic heterocycles. The van der Waals surface area contributed by atoms with Crippen molar-refractivity contribution in [2.24, 2.45) is 5.73 Å². The molecule has 5 heteroatoms. The van der Waals surface area contributed by atoms with Gasteiger partial charge in [-0.1, -0.05) is 0 Å². The molecule has 1 aliphatic rings. The third kappa shape index (κ3) is 2.18. The molecule has 0 aliphatic carbocycles. The Morgan fingerprint density at radius 2 is 2.27 bits per heavy atom. The van der Waals surface area contributed by atoms with Crippen LogP contribution in [-0.4, -0.2) is 40.9 Å². The summed E-state index contributed by atoms with van der Waals surface area (Å²) in [6.45, 7) is 2.19.